The van der Waals surface area contributed by atoms with Crippen molar-refractivity contribution in [1.82, 2.24) is 20.1 Å². The van der Waals surface area contributed by atoms with E-state index in [4.69, 9.17) is 0 Å². The summed E-state index contributed by atoms with van der Waals surface area (Å²) < 4.78 is 1.20. The van der Waals surface area contributed by atoms with Crippen LogP contribution in [0.25, 0.3) is 0 Å². The Kier molecular flexibility index (Phi) is 4.94. The van der Waals surface area contributed by atoms with Gasteiger partial charge in [0.1, 0.15) is 10.6 Å². The molecule has 0 aromatic carbocycles. The SMILES string of the molecule is Cc1nn(C)c(=O)c(C(=O)N[C@@H](C)c2nc(C(C)(C)C)cs2)c1C. The number of aryl methyl sites for hydroxylation is 2. The number of nitrogens with zero attached hydrogens (tertiary/aromatic N) is 3. The summed E-state index contributed by atoms with van der Waals surface area (Å²) in [6.45, 7) is 11.7. The highest BCUT2D eigenvalue weighted by Gasteiger charge is 2.23. The number of nitrogens with one attached hydrogen (secondary N) is 1. The number of amides is 1. The van der Waals surface area contributed by atoms with Crippen LogP contribution in [0.1, 0.15) is 66.1 Å². The minimum absolute atomic E-state index is 0.0345. The lowest BCUT2D eigenvalue weighted by atomic mass is 9.93. The summed E-state index contributed by atoms with van der Waals surface area (Å²) in [5.74, 6) is -0.390. The Morgan fingerprint density at radius 3 is 2.50 bits per heavy atom. The number of carbonyl (C=O) groups excluding carboxylic acids is 1. The van der Waals surface area contributed by atoms with Gasteiger partial charge in [0, 0.05) is 17.8 Å². The zero-order valence-electron chi connectivity index (χ0n) is 15.2. The van der Waals surface area contributed by atoms with E-state index in [1.165, 1.54) is 16.0 Å². The topological polar surface area (TPSA) is 76.9 Å². The van der Waals surface area contributed by atoms with Crippen molar-refractivity contribution < 1.29 is 4.79 Å². The van der Waals surface area contributed by atoms with E-state index >= 15 is 0 Å². The Hall–Kier alpha value is -2.02. The van der Waals surface area contributed by atoms with E-state index in [1.807, 2.05) is 12.3 Å². The van der Waals surface area contributed by atoms with Gasteiger partial charge >= 0.3 is 0 Å². The summed E-state index contributed by atoms with van der Waals surface area (Å²) in [7, 11) is 1.55. The fraction of sp³-hybridized carbons (Fsp3) is 0.529. The summed E-state index contributed by atoms with van der Waals surface area (Å²) in [5.41, 5.74) is 1.99. The van der Waals surface area contributed by atoms with Gasteiger partial charge in [-0.3, -0.25) is 9.59 Å². The molecule has 6 nitrogen and oxygen atoms in total. The molecule has 0 aliphatic rings. The number of rotatable bonds is 3. The third-order valence-electron chi connectivity index (χ3n) is 3.96. The Morgan fingerprint density at radius 2 is 1.96 bits per heavy atom. The highest BCUT2D eigenvalue weighted by atomic mass is 32.1. The van der Waals surface area contributed by atoms with Crippen LogP contribution in [0.4, 0.5) is 0 Å². The molecule has 2 aromatic heterocycles. The first kappa shape index (κ1) is 18.3. The van der Waals surface area contributed by atoms with Gasteiger partial charge in [0.05, 0.1) is 17.4 Å². The van der Waals surface area contributed by atoms with Crippen molar-refractivity contribution in [3.05, 3.63) is 43.3 Å². The molecule has 1 N–H and O–H groups in total. The van der Waals surface area contributed by atoms with Crippen molar-refractivity contribution in [2.75, 3.05) is 0 Å². The first-order valence-corrected chi connectivity index (χ1v) is 8.71. The maximum atomic E-state index is 12.6. The molecule has 0 unspecified atom stereocenters. The van der Waals surface area contributed by atoms with Gasteiger partial charge < -0.3 is 5.32 Å². The van der Waals surface area contributed by atoms with Crippen LogP contribution < -0.4 is 10.9 Å². The van der Waals surface area contributed by atoms with Crippen molar-refractivity contribution in [1.29, 1.82) is 0 Å². The molecule has 0 spiro atoms. The van der Waals surface area contributed by atoms with Gasteiger partial charge in [0.2, 0.25) is 0 Å². The fourth-order valence-corrected chi connectivity index (χ4v) is 3.33. The minimum atomic E-state index is -0.391. The van der Waals surface area contributed by atoms with Crippen molar-refractivity contribution in [2.24, 2.45) is 7.05 Å². The lowest BCUT2D eigenvalue weighted by Crippen LogP contribution is -2.36. The third-order valence-corrected chi connectivity index (χ3v) is 4.99. The molecule has 2 rings (SSSR count). The number of hydrogen-bond donors (Lipinski definition) is 1. The Morgan fingerprint density at radius 1 is 1.33 bits per heavy atom. The van der Waals surface area contributed by atoms with Crippen LogP contribution in [0.2, 0.25) is 0 Å². The molecular weight excluding hydrogens is 324 g/mol. The normalized spacial score (nSPS) is 13.0. The monoisotopic (exact) mass is 348 g/mol. The number of hydrogen-bond acceptors (Lipinski definition) is 5. The third kappa shape index (κ3) is 3.56. The highest BCUT2D eigenvalue weighted by molar-refractivity contribution is 7.09. The predicted molar refractivity (Wildman–Crippen MR) is 95.6 cm³/mol. The lowest BCUT2D eigenvalue weighted by molar-refractivity contribution is 0.0936. The summed E-state index contributed by atoms with van der Waals surface area (Å²) in [6, 6.07) is -0.267. The first-order valence-electron chi connectivity index (χ1n) is 7.83. The number of carbonyl (C=O) groups is 1. The van der Waals surface area contributed by atoms with Gasteiger partial charge in [-0.05, 0) is 26.3 Å². The van der Waals surface area contributed by atoms with E-state index in [0.29, 0.717) is 11.3 Å². The summed E-state index contributed by atoms with van der Waals surface area (Å²) in [4.78, 5) is 29.5. The summed E-state index contributed by atoms with van der Waals surface area (Å²) in [5, 5.41) is 9.82. The van der Waals surface area contributed by atoms with Crippen LogP contribution in [0.3, 0.4) is 0 Å². The second-order valence-corrected chi connectivity index (χ2v) is 7.92. The summed E-state index contributed by atoms with van der Waals surface area (Å²) >= 11 is 1.51. The number of thiazole rings is 1. The van der Waals surface area contributed by atoms with E-state index in [2.05, 4.69) is 36.2 Å². The van der Waals surface area contributed by atoms with Crippen molar-refractivity contribution in [3.63, 3.8) is 0 Å². The molecule has 0 fully saturated rings. The first-order chi connectivity index (χ1) is 11.0. The van der Waals surface area contributed by atoms with Crippen molar-refractivity contribution in [2.45, 2.75) is 53.0 Å². The molecule has 1 atom stereocenters. The van der Waals surface area contributed by atoms with Gasteiger partial charge in [0.25, 0.3) is 11.5 Å². The van der Waals surface area contributed by atoms with Gasteiger partial charge in [-0.1, -0.05) is 20.8 Å². The second kappa shape index (κ2) is 6.47. The zero-order chi connectivity index (χ0) is 18.2. The van der Waals surface area contributed by atoms with Crippen LogP contribution >= 0.6 is 11.3 Å². The number of aromatic nitrogens is 3. The van der Waals surface area contributed by atoms with Crippen LogP contribution in [-0.2, 0) is 12.5 Å². The zero-order valence-corrected chi connectivity index (χ0v) is 16.0. The predicted octanol–water partition coefficient (Wildman–Crippen LogP) is 2.64. The molecule has 2 aromatic rings. The second-order valence-electron chi connectivity index (χ2n) is 7.03. The van der Waals surface area contributed by atoms with Gasteiger partial charge in [0.15, 0.2) is 0 Å². The molecule has 24 heavy (non-hydrogen) atoms. The lowest BCUT2D eigenvalue weighted by Gasteiger charge is -2.16. The molecule has 0 saturated carbocycles. The smallest absolute Gasteiger partial charge is 0.279 e. The van der Waals surface area contributed by atoms with Gasteiger partial charge in [-0.15, -0.1) is 11.3 Å². The van der Waals surface area contributed by atoms with E-state index in [0.717, 1.165) is 10.7 Å². The summed E-state index contributed by atoms with van der Waals surface area (Å²) in [6.07, 6.45) is 0. The Labute approximate surface area is 145 Å². The maximum absolute atomic E-state index is 12.6. The fourth-order valence-electron chi connectivity index (χ4n) is 2.28. The maximum Gasteiger partial charge on any atom is 0.279 e. The molecule has 0 aliphatic heterocycles. The largest absolute Gasteiger partial charge is 0.343 e. The quantitative estimate of drug-likeness (QED) is 0.925. The Bertz CT molecular complexity index is 830. The molecule has 7 heteroatoms. The van der Waals surface area contributed by atoms with Gasteiger partial charge in [-0.25, -0.2) is 9.67 Å². The average molecular weight is 348 g/mol. The average Bonchev–Trinajstić information content (AvgIpc) is 2.95. The van der Waals surface area contributed by atoms with E-state index in [1.54, 1.807) is 20.9 Å². The van der Waals surface area contributed by atoms with Crippen LogP contribution in [0.5, 0.6) is 0 Å². The molecular formula is C17H24N4O2S. The molecule has 0 saturated heterocycles. The van der Waals surface area contributed by atoms with Crippen LogP contribution in [0, 0.1) is 13.8 Å². The molecule has 130 valence electrons. The van der Waals surface area contributed by atoms with Gasteiger partial charge in [-0.2, -0.15) is 5.10 Å². The molecule has 1 amide bonds. The van der Waals surface area contributed by atoms with Crippen LogP contribution in [-0.4, -0.2) is 20.7 Å². The van der Waals surface area contributed by atoms with Crippen molar-refractivity contribution in [3.8, 4) is 0 Å². The van der Waals surface area contributed by atoms with E-state index < -0.39 is 11.5 Å². The molecule has 0 radical (unpaired) electrons. The molecule has 0 bridgehead atoms. The minimum Gasteiger partial charge on any atom is -0.343 e. The van der Waals surface area contributed by atoms with Crippen molar-refractivity contribution >= 4 is 17.2 Å². The van der Waals surface area contributed by atoms with Crippen LogP contribution in [0.15, 0.2) is 10.2 Å². The highest BCUT2D eigenvalue weighted by Crippen LogP contribution is 2.26. The van der Waals surface area contributed by atoms with E-state index in [-0.39, 0.29) is 17.0 Å². The Balaban J connectivity index is 2.27. The molecule has 0 aliphatic carbocycles. The standard InChI is InChI=1S/C17H24N4O2S/c1-9-10(2)20-21(7)16(23)13(9)14(22)18-11(3)15-19-12(8-24-15)17(4,5)6/h8,11H,1-7H3,(H,18,22)/t11-/m0/s1. The van der Waals surface area contributed by atoms with E-state index in [9.17, 15) is 9.59 Å². The molecule has 2 heterocycles.